The van der Waals surface area contributed by atoms with Crippen molar-refractivity contribution in [1.29, 1.82) is 0 Å². The predicted molar refractivity (Wildman–Crippen MR) is 281 cm³/mol. The first-order valence-corrected chi connectivity index (χ1v) is 23.3. The average Bonchev–Trinajstić information content (AvgIpc) is 3.68. The van der Waals surface area contributed by atoms with Crippen molar-refractivity contribution in [2.75, 3.05) is 0 Å². The van der Waals surface area contributed by atoms with Crippen LogP contribution in [0.5, 0.6) is 0 Å². The number of rotatable bonds is 4. The maximum Gasteiger partial charge on any atom is 0.144 e. The second-order valence-electron chi connectivity index (χ2n) is 18.4. The minimum Gasteiger partial charge on any atom is -0.455 e. The highest BCUT2D eigenvalue weighted by atomic mass is 16.3. The summed E-state index contributed by atoms with van der Waals surface area (Å²) in [5, 5.41) is 11.9. The summed E-state index contributed by atoms with van der Waals surface area (Å²) in [6, 6.07) is 65.6. The molecule has 67 heavy (non-hydrogen) atoms. The second-order valence-corrected chi connectivity index (χ2v) is 18.4. The normalized spacial score (nSPS) is 15.9. The molecule has 9 aromatic carbocycles. The van der Waals surface area contributed by atoms with Crippen LogP contribution in [0.1, 0.15) is 45.2 Å². The lowest BCUT2D eigenvalue weighted by atomic mass is 9.79. The molecule has 3 heteroatoms. The van der Waals surface area contributed by atoms with Gasteiger partial charge in [0.2, 0.25) is 0 Å². The molecular weight excluding hydrogens is 813 g/mol. The standard InChI is InChI=1S/C64H42N2O/c1-38-34-55-39(22-23-41-27-33-58(65-62(41)55)40-12-3-2-4-13-40)24-28-46(38)44-26-30-50-49-29-25-43(36-56(49)47-16-5-6-17-48(47)57(50)37-44)42-14-11-15-45(35-42)63-54-32-31-52-51-18-8-10-21-60(51)67-64(52)61(54)53-19-7-9-20-59(53)66-63/h2-33,35,37,43,46H,1,34,36H2. The van der Waals surface area contributed by atoms with E-state index in [9.17, 15) is 0 Å². The monoisotopic (exact) mass is 854 g/mol. The van der Waals surface area contributed by atoms with E-state index in [4.69, 9.17) is 21.0 Å². The molecule has 0 amide bonds. The molecule has 2 atom stereocenters. The first-order chi connectivity index (χ1) is 33.1. The highest BCUT2D eigenvalue weighted by Crippen LogP contribution is 2.45. The Balaban J connectivity index is 0.825. The number of hydrogen-bond donors (Lipinski definition) is 0. The Hall–Kier alpha value is -8.40. The van der Waals surface area contributed by atoms with Crippen molar-refractivity contribution in [1.82, 2.24) is 9.97 Å². The Morgan fingerprint density at radius 2 is 1.27 bits per heavy atom. The summed E-state index contributed by atoms with van der Waals surface area (Å²) in [4.78, 5) is 10.6. The third-order valence-electron chi connectivity index (χ3n) is 14.7. The van der Waals surface area contributed by atoms with Crippen LogP contribution in [0.2, 0.25) is 0 Å². The molecule has 0 saturated heterocycles. The SMILES string of the molecule is C=C1Cc2c(ccc3ccc(-c4ccccc4)nc23)C=CC1c1ccc2c3c(c4ccccc4c2c1)CC(c1cccc(-c2nc4ccccc4c4c2ccc2c5ccccc5oc24)c1)C=C3. The molecule has 3 heterocycles. The Kier molecular flexibility index (Phi) is 8.39. The third kappa shape index (κ3) is 5.98. The third-order valence-corrected chi connectivity index (χ3v) is 14.7. The molecule has 2 aliphatic rings. The minimum absolute atomic E-state index is 0.0742. The quantitative estimate of drug-likeness (QED) is 0.131. The number of fused-ring (bicyclic) bond motifs is 16. The number of benzene rings is 9. The van der Waals surface area contributed by atoms with Crippen LogP contribution >= 0.6 is 0 Å². The first-order valence-electron chi connectivity index (χ1n) is 23.3. The average molecular weight is 855 g/mol. The second kappa shape index (κ2) is 14.8. The van der Waals surface area contributed by atoms with Crippen LogP contribution in [0.25, 0.3) is 111 Å². The lowest BCUT2D eigenvalue weighted by Gasteiger charge is -2.25. The van der Waals surface area contributed by atoms with Crippen molar-refractivity contribution in [2.24, 2.45) is 0 Å². The molecular formula is C64H42N2O. The number of allylic oxidation sites excluding steroid dienone is 3. The Labute approximate surface area is 387 Å². The number of pyridine rings is 2. The molecule has 0 N–H and O–H groups in total. The largest absolute Gasteiger partial charge is 0.455 e. The van der Waals surface area contributed by atoms with Crippen LogP contribution < -0.4 is 0 Å². The van der Waals surface area contributed by atoms with E-state index in [0.717, 1.165) is 89.9 Å². The topological polar surface area (TPSA) is 38.9 Å². The van der Waals surface area contributed by atoms with Gasteiger partial charge in [-0.25, -0.2) is 9.97 Å². The summed E-state index contributed by atoms with van der Waals surface area (Å²) >= 11 is 0. The Morgan fingerprint density at radius 1 is 0.507 bits per heavy atom. The number of para-hydroxylation sites is 2. The van der Waals surface area contributed by atoms with E-state index in [1.165, 1.54) is 60.5 Å². The van der Waals surface area contributed by atoms with Crippen LogP contribution in [0.3, 0.4) is 0 Å². The smallest absolute Gasteiger partial charge is 0.144 e. The fourth-order valence-electron chi connectivity index (χ4n) is 11.4. The van der Waals surface area contributed by atoms with E-state index in [0.29, 0.717) is 0 Å². The van der Waals surface area contributed by atoms with Crippen molar-refractivity contribution in [2.45, 2.75) is 24.7 Å². The van der Waals surface area contributed by atoms with E-state index >= 15 is 0 Å². The lowest BCUT2D eigenvalue weighted by molar-refractivity contribution is 0.673. The van der Waals surface area contributed by atoms with Crippen LogP contribution in [0.15, 0.2) is 211 Å². The van der Waals surface area contributed by atoms with E-state index in [2.05, 4.69) is 200 Å². The van der Waals surface area contributed by atoms with Crippen molar-refractivity contribution in [3.63, 3.8) is 0 Å². The highest BCUT2D eigenvalue weighted by Gasteiger charge is 2.25. The summed E-state index contributed by atoms with van der Waals surface area (Å²) < 4.78 is 6.62. The van der Waals surface area contributed by atoms with Gasteiger partial charge in [-0.05, 0) is 104 Å². The van der Waals surface area contributed by atoms with E-state index in [1.54, 1.807) is 0 Å². The van der Waals surface area contributed by atoms with Crippen LogP contribution in [-0.2, 0) is 12.8 Å². The molecule has 12 aromatic rings. The fourth-order valence-corrected chi connectivity index (χ4v) is 11.4. The molecule has 0 fully saturated rings. The first kappa shape index (κ1) is 37.9. The molecule has 314 valence electrons. The summed E-state index contributed by atoms with van der Waals surface area (Å²) in [5.74, 6) is 0.280. The lowest BCUT2D eigenvalue weighted by Crippen LogP contribution is -2.08. The van der Waals surface area contributed by atoms with Gasteiger partial charge < -0.3 is 4.42 Å². The van der Waals surface area contributed by atoms with Gasteiger partial charge in [0.1, 0.15) is 11.2 Å². The molecule has 2 aliphatic carbocycles. The van der Waals surface area contributed by atoms with E-state index < -0.39 is 0 Å². The summed E-state index contributed by atoms with van der Waals surface area (Å²) in [7, 11) is 0. The van der Waals surface area contributed by atoms with Crippen molar-refractivity contribution in [3.8, 4) is 22.5 Å². The summed E-state index contributed by atoms with van der Waals surface area (Å²) in [6.45, 7) is 4.74. The number of hydrogen-bond acceptors (Lipinski definition) is 3. The van der Waals surface area contributed by atoms with Gasteiger partial charge in [-0.15, -0.1) is 0 Å². The van der Waals surface area contributed by atoms with Gasteiger partial charge in [0.05, 0.1) is 22.4 Å². The zero-order chi connectivity index (χ0) is 44.2. The van der Waals surface area contributed by atoms with Gasteiger partial charge >= 0.3 is 0 Å². The van der Waals surface area contributed by atoms with Gasteiger partial charge in [-0.3, -0.25) is 0 Å². The van der Waals surface area contributed by atoms with Gasteiger partial charge in [-0.2, -0.15) is 0 Å². The molecule has 0 radical (unpaired) electrons. The van der Waals surface area contributed by atoms with E-state index in [1.807, 2.05) is 6.07 Å². The maximum absolute atomic E-state index is 6.62. The molecule has 3 aromatic heterocycles. The molecule has 2 unspecified atom stereocenters. The fraction of sp³-hybridized carbons (Fsp3) is 0.0625. The zero-order valence-corrected chi connectivity index (χ0v) is 36.7. The molecule has 3 nitrogen and oxygen atoms in total. The van der Waals surface area contributed by atoms with Crippen molar-refractivity contribution < 1.29 is 4.42 Å². The van der Waals surface area contributed by atoms with Crippen LogP contribution in [0.4, 0.5) is 0 Å². The molecule has 14 rings (SSSR count). The predicted octanol–water partition coefficient (Wildman–Crippen LogP) is 16.7. The number of furan rings is 1. The van der Waals surface area contributed by atoms with Gasteiger partial charge in [-0.1, -0.05) is 182 Å². The summed E-state index contributed by atoms with van der Waals surface area (Å²) in [5.41, 5.74) is 16.9. The van der Waals surface area contributed by atoms with Gasteiger partial charge in [0.25, 0.3) is 0 Å². The van der Waals surface area contributed by atoms with Gasteiger partial charge in [0.15, 0.2) is 0 Å². The molecule has 0 bridgehead atoms. The Morgan fingerprint density at radius 3 is 2.18 bits per heavy atom. The van der Waals surface area contributed by atoms with Crippen molar-refractivity contribution >= 4 is 88.2 Å². The maximum atomic E-state index is 6.62. The molecule has 0 spiro atoms. The van der Waals surface area contributed by atoms with Gasteiger partial charge in [0, 0.05) is 55.3 Å². The van der Waals surface area contributed by atoms with E-state index in [-0.39, 0.29) is 11.8 Å². The summed E-state index contributed by atoms with van der Waals surface area (Å²) in [6.07, 6.45) is 11.1. The zero-order valence-electron chi connectivity index (χ0n) is 36.7. The van der Waals surface area contributed by atoms with Crippen LogP contribution in [-0.4, -0.2) is 9.97 Å². The van der Waals surface area contributed by atoms with Crippen molar-refractivity contribution in [3.05, 3.63) is 240 Å². The highest BCUT2D eigenvalue weighted by molar-refractivity contribution is 6.24. The van der Waals surface area contributed by atoms with Crippen LogP contribution in [0, 0.1) is 0 Å². The minimum atomic E-state index is 0.0742. The number of nitrogens with zero attached hydrogens (tertiary/aromatic N) is 2. The molecule has 0 aliphatic heterocycles. The number of aromatic nitrogens is 2. The molecule has 0 saturated carbocycles. The Bertz CT molecular complexity index is 4130.